The van der Waals surface area contributed by atoms with Gasteiger partial charge in [0.05, 0.1) is 0 Å². The molecule has 2 rings (SSSR count). The lowest BCUT2D eigenvalue weighted by molar-refractivity contribution is 0.0925. The molecule has 1 aromatic rings. The number of amides is 1. The number of aliphatic hydroxyl groups is 1. The molecule has 1 unspecified atom stereocenters. The number of hydrogen-bond acceptors (Lipinski definition) is 5. The zero-order valence-electron chi connectivity index (χ0n) is 11.1. The third kappa shape index (κ3) is 3.51. The van der Waals surface area contributed by atoms with Crippen molar-refractivity contribution in [3.05, 3.63) is 17.0 Å². The predicted molar refractivity (Wildman–Crippen MR) is 74.5 cm³/mol. The quantitative estimate of drug-likeness (QED) is 0.826. The van der Waals surface area contributed by atoms with Crippen molar-refractivity contribution >= 4 is 17.7 Å². The van der Waals surface area contributed by atoms with Gasteiger partial charge in [-0.2, -0.15) is 11.8 Å². The van der Waals surface area contributed by atoms with Crippen LogP contribution in [0, 0.1) is 0 Å². The fourth-order valence-electron chi connectivity index (χ4n) is 2.37. The van der Waals surface area contributed by atoms with Crippen molar-refractivity contribution in [1.29, 1.82) is 0 Å². The Balaban J connectivity index is 2.04. The van der Waals surface area contributed by atoms with E-state index in [1.165, 1.54) is 0 Å². The van der Waals surface area contributed by atoms with E-state index >= 15 is 0 Å². The summed E-state index contributed by atoms with van der Waals surface area (Å²) in [5.41, 5.74) is 1.40. The zero-order valence-corrected chi connectivity index (χ0v) is 12.0. The molecule has 1 atom stereocenters. The van der Waals surface area contributed by atoms with Crippen LogP contribution in [0.5, 0.6) is 0 Å². The molecule has 19 heavy (non-hydrogen) atoms. The van der Waals surface area contributed by atoms with E-state index in [0.29, 0.717) is 12.1 Å². The molecular weight excluding hydrogens is 264 g/mol. The summed E-state index contributed by atoms with van der Waals surface area (Å²) in [7, 11) is 0. The fraction of sp³-hybridized carbons (Fsp3) is 0.692. The molecule has 0 saturated carbocycles. The van der Waals surface area contributed by atoms with Crippen LogP contribution in [0.1, 0.15) is 41.1 Å². The van der Waals surface area contributed by atoms with Crippen LogP contribution in [0.15, 0.2) is 4.52 Å². The number of hydrogen-bond donors (Lipinski definition) is 2. The first kappa shape index (κ1) is 14.4. The molecule has 1 aliphatic carbocycles. The van der Waals surface area contributed by atoms with Crippen LogP contribution in [0.2, 0.25) is 0 Å². The lowest BCUT2D eigenvalue weighted by Crippen LogP contribution is -2.38. The van der Waals surface area contributed by atoms with Gasteiger partial charge in [0.1, 0.15) is 5.76 Å². The first-order chi connectivity index (χ1) is 9.26. The van der Waals surface area contributed by atoms with Crippen LogP contribution >= 0.6 is 11.8 Å². The van der Waals surface area contributed by atoms with Crippen molar-refractivity contribution in [2.24, 2.45) is 0 Å². The number of carbonyl (C=O) groups excluding carboxylic acids is 1. The van der Waals surface area contributed by atoms with Crippen molar-refractivity contribution in [2.75, 3.05) is 18.6 Å². The Labute approximate surface area is 117 Å². The third-order valence-corrected chi connectivity index (χ3v) is 4.08. The van der Waals surface area contributed by atoms with Crippen LogP contribution in [-0.4, -0.2) is 40.8 Å². The monoisotopic (exact) mass is 284 g/mol. The second-order valence-corrected chi connectivity index (χ2v) is 5.69. The van der Waals surface area contributed by atoms with E-state index in [0.717, 1.165) is 42.8 Å². The fourth-order valence-corrected chi connectivity index (χ4v) is 3.02. The van der Waals surface area contributed by atoms with Crippen molar-refractivity contribution in [3.63, 3.8) is 0 Å². The second-order valence-electron chi connectivity index (χ2n) is 4.78. The van der Waals surface area contributed by atoms with Crippen LogP contribution in [-0.2, 0) is 12.8 Å². The number of carbonyl (C=O) groups is 1. The number of aliphatic hydroxyl groups excluding tert-OH is 1. The molecule has 0 spiro atoms. The van der Waals surface area contributed by atoms with Crippen LogP contribution in [0.3, 0.4) is 0 Å². The average Bonchev–Trinajstić information content (AvgIpc) is 2.83. The molecule has 0 aromatic carbocycles. The summed E-state index contributed by atoms with van der Waals surface area (Å²) in [4.78, 5) is 12.2. The Morgan fingerprint density at radius 3 is 3.05 bits per heavy atom. The smallest absolute Gasteiger partial charge is 0.274 e. The molecular formula is C13H20N2O3S. The summed E-state index contributed by atoms with van der Waals surface area (Å²) in [6, 6.07) is -0.0246. The van der Waals surface area contributed by atoms with E-state index in [1.54, 1.807) is 11.8 Å². The van der Waals surface area contributed by atoms with E-state index in [4.69, 9.17) is 9.63 Å². The molecule has 1 aliphatic rings. The maximum absolute atomic E-state index is 12.2. The molecule has 2 N–H and O–H groups in total. The second kappa shape index (κ2) is 6.96. The Kier molecular flexibility index (Phi) is 5.27. The number of thioether (sulfide) groups is 1. The minimum atomic E-state index is -0.181. The summed E-state index contributed by atoms with van der Waals surface area (Å²) in [6.45, 7) is 0.0719. The molecule has 0 saturated heterocycles. The summed E-state index contributed by atoms with van der Waals surface area (Å²) >= 11 is 1.65. The van der Waals surface area contributed by atoms with Gasteiger partial charge in [-0.05, 0) is 31.9 Å². The number of fused-ring (bicyclic) bond motifs is 1. The first-order valence-corrected chi connectivity index (χ1v) is 8.03. The van der Waals surface area contributed by atoms with E-state index < -0.39 is 0 Å². The summed E-state index contributed by atoms with van der Waals surface area (Å²) < 4.78 is 5.24. The molecule has 1 aromatic heterocycles. The highest BCUT2D eigenvalue weighted by Gasteiger charge is 2.25. The van der Waals surface area contributed by atoms with E-state index in [-0.39, 0.29) is 18.6 Å². The number of aryl methyl sites for hydroxylation is 1. The molecule has 1 heterocycles. The Hall–Kier alpha value is -1.01. The summed E-state index contributed by atoms with van der Waals surface area (Å²) in [5, 5.41) is 15.8. The van der Waals surface area contributed by atoms with Crippen LogP contribution in [0.25, 0.3) is 0 Å². The van der Waals surface area contributed by atoms with Gasteiger partial charge in [-0.1, -0.05) is 5.16 Å². The number of nitrogens with one attached hydrogen (secondary N) is 1. The van der Waals surface area contributed by atoms with Crippen molar-refractivity contribution in [3.8, 4) is 0 Å². The average molecular weight is 284 g/mol. The zero-order chi connectivity index (χ0) is 13.7. The Bertz CT molecular complexity index is 428. The van der Waals surface area contributed by atoms with Gasteiger partial charge in [0.25, 0.3) is 5.91 Å². The van der Waals surface area contributed by atoms with E-state index in [2.05, 4.69) is 10.5 Å². The minimum Gasteiger partial charge on any atom is -0.396 e. The number of rotatable bonds is 6. The Morgan fingerprint density at radius 1 is 1.53 bits per heavy atom. The van der Waals surface area contributed by atoms with Gasteiger partial charge < -0.3 is 14.9 Å². The minimum absolute atomic E-state index is 0.0246. The summed E-state index contributed by atoms with van der Waals surface area (Å²) in [6.07, 6.45) is 6.47. The molecule has 106 valence electrons. The highest BCUT2D eigenvalue weighted by molar-refractivity contribution is 7.98. The maximum Gasteiger partial charge on any atom is 0.274 e. The van der Waals surface area contributed by atoms with E-state index in [9.17, 15) is 4.79 Å². The van der Waals surface area contributed by atoms with Crippen LogP contribution < -0.4 is 5.32 Å². The van der Waals surface area contributed by atoms with Gasteiger partial charge >= 0.3 is 0 Å². The first-order valence-electron chi connectivity index (χ1n) is 6.64. The molecule has 0 bridgehead atoms. The van der Waals surface area contributed by atoms with Gasteiger partial charge in [-0.15, -0.1) is 0 Å². The van der Waals surface area contributed by atoms with Gasteiger partial charge in [-0.3, -0.25) is 4.79 Å². The van der Waals surface area contributed by atoms with Gasteiger partial charge in [0.15, 0.2) is 5.69 Å². The van der Waals surface area contributed by atoms with E-state index in [1.807, 2.05) is 6.26 Å². The molecule has 6 heteroatoms. The normalized spacial score (nSPS) is 15.9. The van der Waals surface area contributed by atoms with Crippen molar-refractivity contribution < 1.29 is 14.4 Å². The SMILES string of the molecule is CSCC(CCO)NC(=O)c1noc2c1CCCC2. The third-order valence-electron chi connectivity index (χ3n) is 3.35. The number of aromatic nitrogens is 1. The topological polar surface area (TPSA) is 75.4 Å². The highest BCUT2D eigenvalue weighted by Crippen LogP contribution is 2.24. The van der Waals surface area contributed by atoms with Gasteiger partial charge in [-0.25, -0.2) is 0 Å². The Morgan fingerprint density at radius 2 is 2.32 bits per heavy atom. The predicted octanol–water partition coefficient (Wildman–Crippen LogP) is 1.40. The lowest BCUT2D eigenvalue weighted by Gasteiger charge is -2.16. The molecule has 0 aliphatic heterocycles. The van der Waals surface area contributed by atoms with Crippen molar-refractivity contribution in [1.82, 2.24) is 10.5 Å². The largest absolute Gasteiger partial charge is 0.396 e. The lowest BCUT2D eigenvalue weighted by atomic mass is 9.96. The molecule has 1 amide bonds. The molecule has 0 radical (unpaired) electrons. The van der Waals surface area contributed by atoms with Crippen LogP contribution in [0.4, 0.5) is 0 Å². The van der Waals surface area contributed by atoms with Gasteiger partial charge in [0, 0.05) is 30.4 Å². The molecule has 5 nitrogen and oxygen atoms in total. The van der Waals surface area contributed by atoms with Crippen molar-refractivity contribution in [2.45, 2.75) is 38.1 Å². The summed E-state index contributed by atoms with van der Waals surface area (Å²) in [5.74, 6) is 1.46. The molecule has 0 fully saturated rings. The maximum atomic E-state index is 12.2. The standard InChI is InChI=1S/C13H20N2O3S/c1-19-8-9(6-7-16)14-13(17)12-10-4-2-3-5-11(10)18-15-12/h9,16H,2-8H2,1H3,(H,14,17). The highest BCUT2D eigenvalue weighted by atomic mass is 32.2. The van der Waals surface area contributed by atoms with Gasteiger partial charge in [0.2, 0.25) is 0 Å². The number of nitrogens with zero attached hydrogens (tertiary/aromatic N) is 1.